The number of aliphatic hydroxyl groups is 1. The van der Waals surface area contributed by atoms with Crippen molar-refractivity contribution >= 4 is 0 Å². The van der Waals surface area contributed by atoms with E-state index in [1.54, 1.807) is 0 Å². The summed E-state index contributed by atoms with van der Waals surface area (Å²) in [4.78, 5) is 0. The summed E-state index contributed by atoms with van der Waals surface area (Å²) in [6.07, 6.45) is 2.30. The van der Waals surface area contributed by atoms with E-state index in [4.69, 9.17) is 9.47 Å². The molecule has 1 saturated carbocycles. The lowest BCUT2D eigenvalue weighted by molar-refractivity contribution is -0.241. The number of rotatable bonds is 10. The first kappa shape index (κ1) is 17.3. The summed E-state index contributed by atoms with van der Waals surface area (Å²) in [5.41, 5.74) is 0. The third-order valence-corrected chi connectivity index (χ3v) is 4.01. The summed E-state index contributed by atoms with van der Waals surface area (Å²) >= 11 is 0. The van der Waals surface area contributed by atoms with Crippen LogP contribution in [0.2, 0.25) is 0 Å². The Balaban J connectivity index is 2.08. The molecule has 0 bridgehead atoms. The van der Waals surface area contributed by atoms with Crippen molar-refractivity contribution in [2.45, 2.75) is 58.0 Å². The van der Waals surface area contributed by atoms with Crippen LogP contribution in [-0.2, 0) is 4.74 Å². The van der Waals surface area contributed by atoms with E-state index in [1.807, 2.05) is 37.3 Å². The van der Waals surface area contributed by atoms with Crippen LogP contribution in [-0.4, -0.2) is 36.2 Å². The Morgan fingerprint density at radius 3 is 2.50 bits per heavy atom. The zero-order valence-corrected chi connectivity index (χ0v) is 13.9. The zero-order valence-electron chi connectivity index (χ0n) is 13.9. The van der Waals surface area contributed by atoms with Gasteiger partial charge in [-0.1, -0.05) is 39.0 Å². The van der Waals surface area contributed by atoms with Gasteiger partial charge in [-0.3, -0.25) is 0 Å². The molecule has 0 radical (unpaired) electrons. The van der Waals surface area contributed by atoms with E-state index in [9.17, 15) is 5.11 Å². The molecule has 1 aliphatic carbocycles. The molecule has 0 aliphatic heterocycles. The maximum absolute atomic E-state index is 10.7. The molecule has 1 fully saturated rings. The molecule has 0 aromatic heterocycles. The van der Waals surface area contributed by atoms with Crippen LogP contribution in [0.1, 0.15) is 40.0 Å². The van der Waals surface area contributed by atoms with Crippen molar-refractivity contribution in [2.75, 3.05) is 13.2 Å². The van der Waals surface area contributed by atoms with Crippen molar-refractivity contribution in [1.82, 2.24) is 5.32 Å². The molecule has 2 rings (SSSR count). The molecular formula is C18H29NO3. The Kier molecular flexibility index (Phi) is 6.24. The van der Waals surface area contributed by atoms with Gasteiger partial charge in [-0.15, -0.1) is 0 Å². The molecule has 22 heavy (non-hydrogen) atoms. The van der Waals surface area contributed by atoms with Gasteiger partial charge in [-0.05, 0) is 30.9 Å². The quantitative estimate of drug-likeness (QED) is 0.653. The van der Waals surface area contributed by atoms with E-state index < -0.39 is 11.9 Å². The molecule has 4 heteroatoms. The molecule has 2 N–H and O–H groups in total. The van der Waals surface area contributed by atoms with Crippen molar-refractivity contribution in [2.24, 2.45) is 5.92 Å². The maximum atomic E-state index is 10.7. The van der Waals surface area contributed by atoms with Gasteiger partial charge in [0.1, 0.15) is 11.9 Å². The summed E-state index contributed by atoms with van der Waals surface area (Å²) in [6, 6.07) is 9.90. The molecule has 2 unspecified atom stereocenters. The maximum Gasteiger partial charge on any atom is 0.237 e. The van der Waals surface area contributed by atoms with E-state index in [0.717, 1.165) is 5.75 Å². The van der Waals surface area contributed by atoms with E-state index in [2.05, 4.69) is 19.2 Å². The van der Waals surface area contributed by atoms with Crippen LogP contribution in [0.15, 0.2) is 30.3 Å². The monoisotopic (exact) mass is 307 g/mol. The number of nitrogens with one attached hydrogen (secondary N) is 1. The van der Waals surface area contributed by atoms with Gasteiger partial charge < -0.3 is 19.9 Å². The highest BCUT2D eigenvalue weighted by Crippen LogP contribution is 2.33. The minimum absolute atomic E-state index is 0.310. The number of aliphatic hydroxyl groups excluding tert-OH is 1. The summed E-state index contributed by atoms with van der Waals surface area (Å²) in [5.74, 6) is 0.352. The van der Waals surface area contributed by atoms with Crippen LogP contribution in [0.4, 0.5) is 0 Å². The second-order valence-corrected chi connectivity index (χ2v) is 6.41. The van der Waals surface area contributed by atoms with Gasteiger partial charge in [-0.2, -0.15) is 0 Å². The summed E-state index contributed by atoms with van der Waals surface area (Å²) in [7, 11) is 0. The molecule has 0 amide bonds. The fraction of sp³-hybridized carbons (Fsp3) is 0.667. The molecular weight excluding hydrogens is 278 g/mol. The van der Waals surface area contributed by atoms with Crippen molar-refractivity contribution in [3.8, 4) is 5.75 Å². The van der Waals surface area contributed by atoms with Crippen molar-refractivity contribution in [1.29, 1.82) is 0 Å². The average Bonchev–Trinajstić information content (AvgIpc) is 3.34. The lowest BCUT2D eigenvalue weighted by Gasteiger charge is -2.38. The Morgan fingerprint density at radius 2 is 1.95 bits per heavy atom. The van der Waals surface area contributed by atoms with Crippen LogP contribution in [0.5, 0.6) is 5.75 Å². The summed E-state index contributed by atoms with van der Waals surface area (Å²) in [6.45, 7) is 7.21. The number of benzene rings is 1. The third-order valence-electron chi connectivity index (χ3n) is 4.01. The van der Waals surface area contributed by atoms with Gasteiger partial charge in [0.05, 0.1) is 6.61 Å². The first-order chi connectivity index (χ1) is 10.6. The van der Waals surface area contributed by atoms with Crippen LogP contribution in [0.3, 0.4) is 0 Å². The lowest BCUT2D eigenvalue weighted by Crippen LogP contribution is -2.54. The molecule has 2 atom stereocenters. The summed E-state index contributed by atoms with van der Waals surface area (Å²) < 4.78 is 12.2. The Bertz CT molecular complexity index is 433. The van der Waals surface area contributed by atoms with E-state index in [1.165, 1.54) is 12.8 Å². The minimum Gasteiger partial charge on any atom is -0.459 e. The molecule has 1 aromatic rings. The minimum atomic E-state index is -0.994. The standard InChI is InChI=1S/C18H29NO3/c1-4-18(21-13-15-10-11-15,17(20)12-19-14(2)3)22-16-8-6-5-7-9-16/h5-9,14-15,17,19-20H,4,10-13H2,1-3H3. The zero-order chi connectivity index (χ0) is 16.0. The average molecular weight is 307 g/mol. The lowest BCUT2D eigenvalue weighted by atomic mass is 10.1. The van der Waals surface area contributed by atoms with Crippen molar-refractivity contribution in [3.05, 3.63) is 30.3 Å². The molecule has 0 spiro atoms. The largest absolute Gasteiger partial charge is 0.459 e. The first-order valence-electron chi connectivity index (χ1n) is 8.35. The van der Waals surface area contributed by atoms with Gasteiger partial charge in [-0.25, -0.2) is 0 Å². The van der Waals surface area contributed by atoms with E-state index in [-0.39, 0.29) is 0 Å². The van der Waals surface area contributed by atoms with Gasteiger partial charge in [0.25, 0.3) is 0 Å². The van der Waals surface area contributed by atoms with E-state index in [0.29, 0.717) is 31.5 Å². The fourth-order valence-corrected chi connectivity index (χ4v) is 2.34. The molecule has 1 aromatic carbocycles. The molecule has 124 valence electrons. The van der Waals surface area contributed by atoms with Gasteiger partial charge in [0.2, 0.25) is 5.79 Å². The third kappa shape index (κ3) is 4.97. The smallest absolute Gasteiger partial charge is 0.237 e. The topological polar surface area (TPSA) is 50.7 Å². The normalized spacial score (nSPS) is 19.0. The number of para-hydroxylation sites is 1. The molecule has 1 aliphatic rings. The Morgan fingerprint density at radius 1 is 1.27 bits per heavy atom. The Labute approximate surface area is 133 Å². The Hall–Kier alpha value is -1.10. The number of hydrogen-bond acceptors (Lipinski definition) is 4. The summed E-state index contributed by atoms with van der Waals surface area (Å²) in [5, 5.41) is 14.0. The van der Waals surface area contributed by atoms with E-state index >= 15 is 0 Å². The molecule has 4 nitrogen and oxygen atoms in total. The van der Waals surface area contributed by atoms with Gasteiger partial charge in [0, 0.05) is 19.0 Å². The SMILES string of the molecule is CCC(OCC1CC1)(Oc1ccccc1)C(O)CNC(C)C. The molecule has 0 saturated heterocycles. The van der Waals surface area contributed by atoms with Crippen molar-refractivity contribution < 1.29 is 14.6 Å². The second kappa shape index (κ2) is 7.95. The number of ether oxygens (including phenoxy) is 2. The van der Waals surface area contributed by atoms with Crippen LogP contribution in [0.25, 0.3) is 0 Å². The highest BCUT2D eigenvalue weighted by atomic mass is 16.7. The highest BCUT2D eigenvalue weighted by molar-refractivity contribution is 5.22. The predicted molar refractivity (Wildman–Crippen MR) is 87.9 cm³/mol. The van der Waals surface area contributed by atoms with Crippen LogP contribution in [0, 0.1) is 5.92 Å². The molecule has 0 heterocycles. The number of hydrogen-bond donors (Lipinski definition) is 2. The second-order valence-electron chi connectivity index (χ2n) is 6.41. The fourth-order valence-electron chi connectivity index (χ4n) is 2.34. The predicted octanol–water partition coefficient (Wildman–Crippen LogP) is 2.96. The van der Waals surface area contributed by atoms with Crippen molar-refractivity contribution in [3.63, 3.8) is 0 Å². The van der Waals surface area contributed by atoms with Crippen LogP contribution < -0.4 is 10.1 Å². The van der Waals surface area contributed by atoms with Gasteiger partial charge in [0.15, 0.2) is 0 Å². The first-order valence-corrected chi connectivity index (χ1v) is 8.35. The van der Waals surface area contributed by atoms with Crippen LogP contribution >= 0.6 is 0 Å². The highest BCUT2D eigenvalue weighted by Gasteiger charge is 2.41. The van der Waals surface area contributed by atoms with Gasteiger partial charge >= 0.3 is 0 Å².